The summed E-state index contributed by atoms with van der Waals surface area (Å²) < 4.78 is 7.50. The summed E-state index contributed by atoms with van der Waals surface area (Å²) in [6, 6.07) is 10.1. The van der Waals surface area contributed by atoms with Gasteiger partial charge in [-0.15, -0.1) is 0 Å². The van der Waals surface area contributed by atoms with Crippen LogP contribution >= 0.6 is 0 Å². The molecule has 0 atom stereocenters. The van der Waals surface area contributed by atoms with Crippen molar-refractivity contribution in [1.29, 1.82) is 0 Å². The molecule has 1 saturated heterocycles. The number of amides is 1. The molecule has 122 valence electrons. The van der Waals surface area contributed by atoms with Crippen LogP contribution in [0.3, 0.4) is 0 Å². The number of nitrogens with one attached hydrogen (secondary N) is 1. The monoisotopic (exact) mass is 313 g/mol. The molecule has 2 aromatic rings. The summed E-state index contributed by atoms with van der Waals surface area (Å²) in [6.45, 7) is 2.81. The van der Waals surface area contributed by atoms with Crippen molar-refractivity contribution in [1.82, 2.24) is 14.9 Å². The Bertz CT molecular complexity index is 604. The number of ether oxygens (including phenoxy) is 1. The normalized spacial score (nSPS) is 16.9. The highest BCUT2D eigenvalue weighted by atomic mass is 16.5. The molecule has 0 radical (unpaired) electrons. The molecule has 5 heteroatoms. The van der Waals surface area contributed by atoms with Gasteiger partial charge in [0.2, 0.25) is 5.91 Å². The Hall–Kier alpha value is -2.14. The first kappa shape index (κ1) is 15.7. The molecule has 1 fully saturated rings. The third-order valence-electron chi connectivity index (χ3n) is 4.55. The third kappa shape index (κ3) is 3.62. The van der Waals surface area contributed by atoms with E-state index in [2.05, 4.69) is 22.4 Å². The zero-order valence-electron chi connectivity index (χ0n) is 13.3. The Morgan fingerprint density at radius 2 is 2.04 bits per heavy atom. The quantitative estimate of drug-likeness (QED) is 0.831. The van der Waals surface area contributed by atoms with Crippen LogP contribution in [0.4, 0.5) is 0 Å². The first-order valence-corrected chi connectivity index (χ1v) is 8.19. The standard InChI is InChI=1S/C18H23N3O2/c22-17(20-9-4-11-21-12-10-19-15-21)18(7-13-23-14-8-18)16-5-2-1-3-6-16/h1-3,5-6,10,12,15H,4,7-9,11,13-14H2,(H,20,22). The summed E-state index contributed by atoms with van der Waals surface area (Å²) >= 11 is 0. The molecular formula is C18H23N3O2. The van der Waals surface area contributed by atoms with Gasteiger partial charge in [0, 0.05) is 38.7 Å². The first-order chi connectivity index (χ1) is 11.3. The van der Waals surface area contributed by atoms with Crippen LogP contribution in [0.15, 0.2) is 49.1 Å². The molecule has 0 bridgehead atoms. The molecule has 5 nitrogen and oxygen atoms in total. The fraction of sp³-hybridized carbons (Fsp3) is 0.444. The van der Waals surface area contributed by atoms with Crippen LogP contribution in [-0.4, -0.2) is 35.2 Å². The van der Waals surface area contributed by atoms with Gasteiger partial charge >= 0.3 is 0 Å². The Morgan fingerprint density at radius 3 is 2.74 bits per heavy atom. The van der Waals surface area contributed by atoms with Gasteiger partial charge in [-0.3, -0.25) is 4.79 Å². The van der Waals surface area contributed by atoms with Gasteiger partial charge in [-0.25, -0.2) is 4.98 Å². The smallest absolute Gasteiger partial charge is 0.230 e. The molecule has 0 aliphatic carbocycles. The Labute approximate surface area is 136 Å². The second kappa shape index (κ2) is 7.42. The second-order valence-electron chi connectivity index (χ2n) is 5.97. The van der Waals surface area contributed by atoms with Gasteiger partial charge in [-0.2, -0.15) is 0 Å². The maximum Gasteiger partial charge on any atom is 0.230 e. The van der Waals surface area contributed by atoms with Crippen LogP contribution < -0.4 is 5.32 Å². The number of aryl methyl sites for hydroxylation is 1. The fourth-order valence-electron chi connectivity index (χ4n) is 3.18. The molecule has 1 N–H and O–H groups in total. The number of aromatic nitrogens is 2. The highest BCUT2D eigenvalue weighted by Gasteiger charge is 2.41. The number of hydrogen-bond donors (Lipinski definition) is 1. The lowest BCUT2D eigenvalue weighted by Gasteiger charge is -2.36. The minimum absolute atomic E-state index is 0.123. The third-order valence-corrected chi connectivity index (χ3v) is 4.55. The van der Waals surface area contributed by atoms with Crippen molar-refractivity contribution < 1.29 is 9.53 Å². The van der Waals surface area contributed by atoms with E-state index in [0.717, 1.165) is 31.4 Å². The average molecular weight is 313 g/mol. The lowest BCUT2D eigenvalue weighted by Crippen LogP contribution is -2.48. The Morgan fingerprint density at radius 1 is 1.26 bits per heavy atom. The van der Waals surface area contributed by atoms with E-state index < -0.39 is 5.41 Å². The van der Waals surface area contributed by atoms with Crippen LogP contribution in [-0.2, 0) is 21.5 Å². The van der Waals surface area contributed by atoms with Gasteiger partial charge in [0.1, 0.15) is 0 Å². The van der Waals surface area contributed by atoms with Gasteiger partial charge in [0.15, 0.2) is 0 Å². The number of benzene rings is 1. The van der Waals surface area contributed by atoms with Crippen molar-refractivity contribution in [3.63, 3.8) is 0 Å². The first-order valence-electron chi connectivity index (χ1n) is 8.19. The SMILES string of the molecule is O=C(NCCCn1ccnc1)C1(c2ccccc2)CCOCC1. The van der Waals surface area contributed by atoms with Gasteiger partial charge < -0.3 is 14.6 Å². The summed E-state index contributed by atoms with van der Waals surface area (Å²) in [7, 11) is 0. The van der Waals surface area contributed by atoms with E-state index >= 15 is 0 Å². The Kier molecular flexibility index (Phi) is 5.08. The number of carbonyl (C=O) groups is 1. The molecule has 0 spiro atoms. The maximum atomic E-state index is 12.9. The van der Waals surface area contributed by atoms with E-state index in [1.54, 1.807) is 12.5 Å². The van der Waals surface area contributed by atoms with E-state index in [9.17, 15) is 4.79 Å². The lowest BCUT2D eigenvalue weighted by molar-refractivity contribution is -0.130. The molecule has 1 aliphatic heterocycles. The van der Waals surface area contributed by atoms with Gasteiger partial charge in [-0.05, 0) is 24.8 Å². The van der Waals surface area contributed by atoms with Gasteiger partial charge in [-0.1, -0.05) is 30.3 Å². The zero-order valence-corrected chi connectivity index (χ0v) is 13.3. The van der Waals surface area contributed by atoms with E-state index in [-0.39, 0.29) is 5.91 Å². The highest BCUT2D eigenvalue weighted by Crippen LogP contribution is 2.35. The van der Waals surface area contributed by atoms with E-state index in [1.807, 2.05) is 29.0 Å². The van der Waals surface area contributed by atoms with Crippen molar-refractivity contribution in [3.05, 3.63) is 54.6 Å². The molecule has 0 saturated carbocycles. The number of hydrogen-bond acceptors (Lipinski definition) is 3. The molecule has 1 aromatic carbocycles. The van der Waals surface area contributed by atoms with E-state index in [0.29, 0.717) is 19.8 Å². The van der Waals surface area contributed by atoms with E-state index in [4.69, 9.17) is 4.74 Å². The predicted octanol–water partition coefficient (Wildman–Crippen LogP) is 2.14. The largest absolute Gasteiger partial charge is 0.381 e. The number of nitrogens with zero attached hydrogens (tertiary/aromatic N) is 2. The van der Waals surface area contributed by atoms with Crippen molar-refractivity contribution in [2.45, 2.75) is 31.2 Å². The molecule has 0 unspecified atom stereocenters. The highest BCUT2D eigenvalue weighted by molar-refractivity contribution is 5.88. The topological polar surface area (TPSA) is 56.2 Å². The molecule has 3 rings (SSSR count). The summed E-state index contributed by atoms with van der Waals surface area (Å²) in [5, 5.41) is 3.13. The lowest BCUT2D eigenvalue weighted by atomic mass is 9.73. The minimum atomic E-state index is -0.450. The summed E-state index contributed by atoms with van der Waals surface area (Å²) in [4.78, 5) is 16.9. The van der Waals surface area contributed by atoms with Crippen LogP contribution in [0.25, 0.3) is 0 Å². The van der Waals surface area contributed by atoms with Crippen molar-refractivity contribution >= 4 is 5.91 Å². The van der Waals surface area contributed by atoms with Crippen molar-refractivity contribution in [3.8, 4) is 0 Å². The van der Waals surface area contributed by atoms with E-state index in [1.165, 1.54) is 0 Å². The van der Waals surface area contributed by atoms with Crippen LogP contribution in [0.5, 0.6) is 0 Å². The average Bonchev–Trinajstić information content (AvgIpc) is 3.13. The minimum Gasteiger partial charge on any atom is -0.381 e. The molecule has 1 aliphatic rings. The number of rotatable bonds is 6. The molecule has 2 heterocycles. The molecule has 1 aromatic heterocycles. The maximum absolute atomic E-state index is 12.9. The molecule has 23 heavy (non-hydrogen) atoms. The van der Waals surface area contributed by atoms with Crippen molar-refractivity contribution in [2.24, 2.45) is 0 Å². The molecule has 1 amide bonds. The number of carbonyl (C=O) groups excluding carboxylic acids is 1. The number of imidazole rings is 1. The molecular weight excluding hydrogens is 290 g/mol. The van der Waals surface area contributed by atoms with Crippen LogP contribution in [0, 0.1) is 0 Å². The predicted molar refractivity (Wildman–Crippen MR) is 88.0 cm³/mol. The summed E-state index contributed by atoms with van der Waals surface area (Å²) in [5.41, 5.74) is 0.643. The van der Waals surface area contributed by atoms with Gasteiger partial charge in [0.05, 0.1) is 11.7 Å². The second-order valence-corrected chi connectivity index (χ2v) is 5.97. The van der Waals surface area contributed by atoms with Crippen LogP contribution in [0.1, 0.15) is 24.8 Å². The van der Waals surface area contributed by atoms with Crippen molar-refractivity contribution in [2.75, 3.05) is 19.8 Å². The fourth-order valence-corrected chi connectivity index (χ4v) is 3.18. The van der Waals surface area contributed by atoms with Crippen LogP contribution in [0.2, 0.25) is 0 Å². The summed E-state index contributed by atoms with van der Waals surface area (Å²) in [6.07, 6.45) is 7.88. The zero-order chi connectivity index (χ0) is 16.0. The Balaban J connectivity index is 1.61. The summed E-state index contributed by atoms with van der Waals surface area (Å²) in [5.74, 6) is 0.123. The van der Waals surface area contributed by atoms with Gasteiger partial charge in [0.25, 0.3) is 0 Å².